The number of rotatable bonds is 3. The Labute approximate surface area is 89.1 Å². The van der Waals surface area contributed by atoms with Crippen molar-refractivity contribution in [3.63, 3.8) is 0 Å². The lowest BCUT2D eigenvalue weighted by atomic mass is 10.1. The molecule has 1 N–H and O–H groups in total. The van der Waals surface area contributed by atoms with Crippen LogP contribution < -0.4 is 4.74 Å². The molecule has 3 nitrogen and oxygen atoms in total. The van der Waals surface area contributed by atoms with Crippen molar-refractivity contribution in [2.75, 3.05) is 6.61 Å². The molecule has 78 valence electrons. The van der Waals surface area contributed by atoms with Crippen molar-refractivity contribution in [3.8, 4) is 16.9 Å². The Hall–Kier alpha value is -1.77. The molecule has 0 aliphatic heterocycles. The van der Waals surface area contributed by atoms with Crippen molar-refractivity contribution < 1.29 is 4.74 Å². The van der Waals surface area contributed by atoms with E-state index in [0.29, 0.717) is 6.61 Å². The number of aromatic amines is 1. The first-order chi connectivity index (χ1) is 7.31. The van der Waals surface area contributed by atoms with Crippen molar-refractivity contribution in [2.24, 2.45) is 0 Å². The van der Waals surface area contributed by atoms with E-state index in [1.165, 1.54) is 0 Å². The van der Waals surface area contributed by atoms with Gasteiger partial charge in [0.15, 0.2) is 0 Å². The van der Waals surface area contributed by atoms with Crippen LogP contribution >= 0.6 is 0 Å². The number of aryl methyl sites for hydroxylation is 1. The molecular weight excluding hydrogens is 188 g/mol. The fourth-order valence-electron chi connectivity index (χ4n) is 1.54. The molecule has 1 aromatic carbocycles. The van der Waals surface area contributed by atoms with Crippen LogP contribution in [0.25, 0.3) is 11.1 Å². The van der Waals surface area contributed by atoms with Crippen LogP contribution in [-0.4, -0.2) is 16.8 Å². The third kappa shape index (κ3) is 2.01. The zero-order valence-electron chi connectivity index (χ0n) is 8.95. The molecule has 0 bridgehead atoms. The first kappa shape index (κ1) is 9.77. The number of hydrogen-bond donors (Lipinski definition) is 1. The van der Waals surface area contributed by atoms with Crippen LogP contribution in [0.1, 0.15) is 12.6 Å². The van der Waals surface area contributed by atoms with Gasteiger partial charge < -0.3 is 4.74 Å². The smallest absolute Gasteiger partial charge is 0.119 e. The highest BCUT2D eigenvalue weighted by atomic mass is 16.5. The summed E-state index contributed by atoms with van der Waals surface area (Å²) in [7, 11) is 0. The summed E-state index contributed by atoms with van der Waals surface area (Å²) in [6.45, 7) is 4.69. The van der Waals surface area contributed by atoms with Gasteiger partial charge in [0.25, 0.3) is 0 Å². The fraction of sp³-hybridized carbons (Fsp3) is 0.250. The summed E-state index contributed by atoms with van der Waals surface area (Å²) >= 11 is 0. The Kier molecular flexibility index (Phi) is 2.72. The molecule has 2 aromatic rings. The number of H-pyrrole nitrogens is 1. The number of benzene rings is 1. The standard InChI is InChI=1S/C12H14N2O/c1-3-15-11-6-4-10(5-7-11)12-8-13-14-9(12)2/h4-8H,3H2,1-2H3,(H,13,14). The van der Waals surface area contributed by atoms with Gasteiger partial charge in [0.1, 0.15) is 5.75 Å². The zero-order chi connectivity index (χ0) is 10.7. The van der Waals surface area contributed by atoms with Crippen LogP contribution in [0, 0.1) is 6.92 Å². The molecule has 2 rings (SSSR count). The average Bonchev–Trinajstić information content (AvgIpc) is 2.66. The highest BCUT2D eigenvalue weighted by molar-refractivity contribution is 5.65. The van der Waals surface area contributed by atoms with Gasteiger partial charge in [-0.05, 0) is 31.5 Å². The van der Waals surface area contributed by atoms with Crippen LogP contribution in [0.15, 0.2) is 30.5 Å². The summed E-state index contributed by atoms with van der Waals surface area (Å²) < 4.78 is 5.38. The summed E-state index contributed by atoms with van der Waals surface area (Å²) in [6.07, 6.45) is 1.84. The van der Waals surface area contributed by atoms with Gasteiger partial charge >= 0.3 is 0 Å². The lowest BCUT2D eigenvalue weighted by Gasteiger charge is -2.04. The van der Waals surface area contributed by atoms with Gasteiger partial charge in [-0.15, -0.1) is 0 Å². The third-order valence-electron chi connectivity index (χ3n) is 2.31. The molecule has 0 saturated carbocycles. The van der Waals surface area contributed by atoms with E-state index >= 15 is 0 Å². The molecule has 0 saturated heterocycles. The largest absolute Gasteiger partial charge is 0.494 e. The molecule has 1 heterocycles. The van der Waals surface area contributed by atoms with Gasteiger partial charge in [-0.25, -0.2) is 0 Å². The van der Waals surface area contributed by atoms with E-state index in [9.17, 15) is 0 Å². The topological polar surface area (TPSA) is 37.9 Å². The number of nitrogens with zero attached hydrogens (tertiary/aromatic N) is 1. The first-order valence-electron chi connectivity index (χ1n) is 5.04. The summed E-state index contributed by atoms with van der Waals surface area (Å²) in [6, 6.07) is 8.04. The van der Waals surface area contributed by atoms with Crippen molar-refractivity contribution in [2.45, 2.75) is 13.8 Å². The minimum atomic E-state index is 0.698. The second-order valence-corrected chi connectivity index (χ2v) is 3.37. The molecule has 0 spiro atoms. The van der Waals surface area contributed by atoms with E-state index in [4.69, 9.17) is 4.74 Å². The lowest BCUT2D eigenvalue weighted by molar-refractivity contribution is 0.340. The maximum absolute atomic E-state index is 5.38. The molecule has 1 aromatic heterocycles. The SMILES string of the molecule is CCOc1ccc(-c2cn[nH]c2C)cc1. The second kappa shape index (κ2) is 4.17. The first-order valence-corrected chi connectivity index (χ1v) is 5.04. The monoisotopic (exact) mass is 202 g/mol. The molecule has 0 aliphatic rings. The molecule has 0 unspecified atom stereocenters. The maximum atomic E-state index is 5.38. The predicted octanol–water partition coefficient (Wildman–Crippen LogP) is 2.78. The second-order valence-electron chi connectivity index (χ2n) is 3.37. The zero-order valence-corrected chi connectivity index (χ0v) is 8.95. The van der Waals surface area contributed by atoms with Gasteiger partial charge in [-0.3, -0.25) is 5.10 Å². The molecule has 0 fully saturated rings. The summed E-state index contributed by atoms with van der Waals surface area (Å²) in [5.41, 5.74) is 3.38. The van der Waals surface area contributed by atoms with Gasteiger partial charge in [0, 0.05) is 11.3 Å². The van der Waals surface area contributed by atoms with E-state index < -0.39 is 0 Å². The molecule has 0 amide bonds. The Morgan fingerprint density at radius 2 is 2.00 bits per heavy atom. The quantitative estimate of drug-likeness (QED) is 0.831. The molecule has 15 heavy (non-hydrogen) atoms. The van der Waals surface area contributed by atoms with Crippen molar-refractivity contribution >= 4 is 0 Å². The van der Waals surface area contributed by atoms with Crippen molar-refractivity contribution in [1.29, 1.82) is 0 Å². The molecular formula is C12H14N2O. The molecule has 3 heteroatoms. The Bertz CT molecular complexity index is 431. The van der Waals surface area contributed by atoms with Crippen molar-refractivity contribution in [3.05, 3.63) is 36.2 Å². The van der Waals surface area contributed by atoms with Gasteiger partial charge in [-0.2, -0.15) is 5.10 Å². The highest BCUT2D eigenvalue weighted by Crippen LogP contribution is 2.23. The average molecular weight is 202 g/mol. The molecule has 0 atom stereocenters. The van der Waals surface area contributed by atoms with Crippen LogP contribution in [0.5, 0.6) is 5.75 Å². The maximum Gasteiger partial charge on any atom is 0.119 e. The normalized spacial score (nSPS) is 10.3. The van der Waals surface area contributed by atoms with E-state index in [1.807, 2.05) is 44.3 Å². The Morgan fingerprint density at radius 3 is 2.53 bits per heavy atom. The number of ether oxygens (including phenoxy) is 1. The van der Waals surface area contributed by atoms with E-state index in [-0.39, 0.29) is 0 Å². The highest BCUT2D eigenvalue weighted by Gasteiger charge is 2.03. The number of aromatic nitrogens is 2. The minimum Gasteiger partial charge on any atom is -0.494 e. The third-order valence-corrected chi connectivity index (χ3v) is 2.31. The Morgan fingerprint density at radius 1 is 1.27 bits per heavy atom. The fourth-order valence-corrected chi connectivity index (χ4v) is 1.54. The minimum absolute atomic E-state index is 0.698. The predicted molar refractivity (Wildman–Crippen MR) is 59.9 cm³/mol. The van der Waals surface area contributed by atoms with Crippen LogP contribution in [0.3, 0.4) is 0 Å². The van der Waals surface area contributed by atoms with Crippen molar-refractivity contribution in [1.82, 2.24) is 10.2 Å². The summed E-state index contributed by atoms with van der Waals surface area (Å²) in [5, 5.41) is 6.93. The van der Waals surface area contributed by atoms with Crippen LogP contribution in [0.2, 0.25) is 0 Å². The molecule has 0 aliphatic carbocycles. The van der Waals surface area contributed by atoms with E-state index in [0.717, 1.165) is 22.6 Å². The summed E-state index contributed by atoms with van der Waals surface area (Å²) in [4.78, 5) is 0. The van der Waals surface area contributed by atoms with Crippen LogP contribution in [0.4, 0.5) is 0 Å². The van der Waals surface area contributed by atoms with E-state index in [1.54, 1.807) is 0 Å². The molecule has 0 radical (unpaired) electrons. The lowest BCUT2D eigenvalue weighted by Crippen LogP contribution is -1.90. The van der Waals surface area contributed by atoms with E-state index in [2.05, 4.69) is 10.2 Å². The Balaban J connectivity index is 2.28. The van der Waals surface area contributed by atoms with Gasteiger partial charge in [0.2, 0.25) is 0 Å². The van der Waals surface area contributed by atoms with Gasteiger partial charge in [-0.1, -0.05) is 12.1 Å². The summed E-state index contributed by atoms with van der Waals surface area (Å²) in [5.74, 6) is 0.905. The number of nitrogens with one attached hydrogen (secondary N) is 1. The van der Waals surface area contributed by atoms with Crippen LogP contribution in [-0.2, 0) is 0 Å². The van der Waals surface area contributed by atoms with Gasteiger partial charge in [0.05, 0.1) is 12.8 Å². The number of hydrogen-bond acceptors (Lipinski definition) is 2.